The third-order valence-electron chi connectivity index (χ3n) is 4.56. The highest BCUT2D eigenvalue weighted by molar-refractivity contribution is 5.75. The van der Waals surface area contributed by atoms with Gasteiger partial charge in [-0.2, -0.15) is 10.4 Å². The smallest absolute Gasteiger partial charge is 0.219 e. The maximum absolute atomic E-state index is 14.2. The number of aromatic nitrogens is 2. The number of aromatic amines is 1. The van der Waals surface area contributed by atoms with Crippen molar-refractivity contribution in [1.82, 2.24) is 15.5 Å². The number of benzene rings is 1. The van der Waals surface area contributed by atoms with Gasteiger partial charge in [-0.3, -0.25) is 9.89 Å². The molecule has 1 atom stereocenters. The van der Waals surface area contributed by atoms with Gasteiger partial charge in [0.25, 0.3) is 0 Å². The monoisotopic (exact) mass is 341 g/mol. The standard InChI is InChI=1S/C18H20FN5O/c1-2-17(25)21-9-14-10-22-23-18(14)13-5-6-24(11-13)16-4-3-12(8-20)7-15(16)19/h3-4,7,10,13H,2,5-6,9,11H2,1H3,(H,21,25)(H,22,23). The van der Waals surface area contributed by atoms with Crippen molar-refractivity contribution in [2.45, 2.75) is 32.2 Å². The van der Waals surface area contributed by atoms with Crippen molar-refractivity contribution in [3.63, 3.8) is 0 Å². The molecule has 0 spiro atoms. The van der Waals surface area contributed by atoms with E-state index in [2.05, 4.69) is 15.5 Å². The third-order valence-corrected chi connectivity index (χ3v) is 4.56. The normalized spacial score (nSPS) is 16.7. The van der Waals surface area contributed by atoms with Crippen LogP contribution in [0.1, 0.15) is 42.5 Å². The summed E-state index contributed by atoms with van der Waals surface area (Å²) < 4.78 is 14.2. The molecule has 0 saturated carbocycles. The van der Waals surface area contributed by atoms with Crippen molar-refractivity contribution in [1.29, 1.82) is 5.26 Å². The minimum Gasteiger partial charge on any atom is -0.368 e. The summed E-state index contributed by atoms with van der Waals surface area (Å²) in [6.07, 6.45) is 3.05. The number of nitriles is 1. The summed E-state index contributed by atoms with van der Waals surface area (Å²) in [4.78, 5) is 13.4. The molecule has 25 heavy (non-hydrogen) atoms. The summed E-state index contributed by atoms with van der Waals surface area (Å²) in [5.41, 5.74) is 2.79. The fourth-order valence-corrected chi connectivity index (χ4v) is 3.18. The fraction of sp³-hybridized carbons (Fsp3) is 0.389. The van der Waals surface area contributed by atoms with Crippen LogP contribution in [0.2, 0.25) is 0 Å². The molecule has 0 aliphatic carbocycles. The third kappa shape index (κ3) is 3.63. The lowest BCUT2D eigenvalue weighted by molar-refractivity contribution is -0.120. The second kappa shape index (κ2) is 7.34. The molecule has 1 unspecified atom stereocenters. The molecule has 2 aromatic rings. The van der Waals surface area contributed by atoms with E-state index in [0.29, 0.717) is 30.8 Å². The molecule has 1 amide bonds. The maximum atomic E-state index is 14.2. The fourth-order valence-electron chi connectivity index (χ4n) is 3.18. The predicted octanol–water partition coefficient (Wildman–Crippen LogP) is 2.44. The van der Waals surface area contributed by atoms with Crippen LogP contribution in [0.25, 0.3) is 0 Å². The van der Waals surface area contributed by atoms with E-state index in [1.807, 2.05) is 17.9 Å². The van der Waals surface area contributed by atoms with Crippen LogP contribution in [0, 0.1) is 17.1 Å². The molecular weight excluding hydrogens is 321 g/mol. The lowest BCUT2D eigenvalue weighted by Gasteiger charge is -2.19. The molecule has 0 bridgehead atoms. The highest BCUT2D eigenvalue weighted by Gasteiger charge is 2.28. The number of hydrogen-bond acceptors (Lipinski definition) is 4. The van der Waals surface area contributed by atoms with Crippen molar-refractivity contribution in [2.24, 2.45) is 0 Å². The van der Waals surface area contributed by atoms with Gasteiger partial charge in [0, 0.05) is 43.2 Å². The van der Waals surface area contributed by atoms with Gasteiger partial charge < -0.3 is 10.2 Å². The molecule has 1 saturated heterocycles. The molecule has 1 aromatic heterocycles. The topological polar surface area (TPSA) is 84.8 Å². The van der Waals surface area contributed by atoms with E-state index in [1.165, 1.54) is 6.07 Å². The highest BCUT2D eigenvalue weighted by atomic mass is 19.1. The van der Waals surface area contributed by atoms with Gasteiger partial charge in [0.2, 0.25) is 5.91 Å². The van der Waals surface area contributed by atoms with E-state index in [4.69, 9.17) is 5.26 Å². The highest BCUT2D eigenvalue weighted by Crippen LogP contribution is 2.32. The molecule has 1 aromatic carbocycles. The number of carbonyl (C=O) groups excluding carboxylic acids is 1. The number of anilines is 1. The molecule has 1 aliphatic rings. The average Bonchev–Trinajstić information content (AvgIpc) is 3.28. The number of H-pyrrole nitrogens is 1. The second-order valence-electron chi connectivity index (χ2n) is 6.15. The van der Waals surface area contributed by atoms with Crippen molar-refractivity contribution < 1.29 is 9.18 Å². The van der Waals surface area contributed by atoms with Crippen molar-refractivity contribution in [3.8, 4) is 6.07 Å². The Kier molecular flexibility index (Phi) is 4.98. The Morgan fingerprint density at radius 2 is 2.40 bits per heavy atom. The number of hydrogen-bond donors (Lipinski definition) is 2. The van der Waals surface area contributed by atoms with E-state index >= 15 is 0 Å². The van der Waals surface area contributed by atoms with E-state index in [-0.39, 0.29) is 17.6 Å². The Morgan fingerprint density at radius 1 is 1.56 bits per heavy atom. The molecule has 2 heterocycles. The van der Waals surface area contributed by atoms with Crippen LogP contribution in [0.4, 0.5) is 10.1 Å². The first-order valence-electron chi connectivity index (χ1n) is 8.35. The summed E-state index contributed by atoms with van der Waals surface area (Å²) in [6.45, 7) is 3.65. The Morgan fingerprint density at radius 3 is 3.12 bits per heavy atom. The molecular formula is C18H20FN5O. The zero-order valence-corrected chi connectivity index (χ0v) is 14.1. The van der Waals surface area contributed by atoms with Crippen molar-refractivity contribution >= 4 is 11.6 Å². The lowest BCUT2D eigenvalue weighted by Crippen LogP contribution is -2.23. The number of nitrogens with zero attached hydrogens (tertiary/aromatic N) is 3. The Balaban J connectivity index is 1.70. The van der Waals surface area contributed by atoms with Crippen LogP contribution < -0.4 is 10.2 Å². The first-order valence-corrected chi connectivity index (χ1v) is 8.35. The average molecular weight is 341 g/mol. The number of amides is 1. The number of carbonyl (C=O) groups is 1. The first-order chi connectivity index (χ1) is 12.1. The first kappa shape index (κ1) is 17.0. The van der Waals surface area contributed by atoms with Crippen LogP contribution in [0.3, 0.4) is 0 Å². The predicted molar refractivity (Wildman–Crippen MR) is 91.4 cm³/mol. The molecule has 6 nitrogen and oxygen atoms in total. The number of rotatable bonds is 5. The van der Waals surface area contributed by atoms with Crippen LogP contribution in [-0.2, 0) is 11.3 Å². The van der Waals surface area contributed by atoms with Gasteiger partial charge in [0.05, 0.1) is 23.5 Å². The van der Waals surface area contributed by atoms with Gasteiger partial charge in [-0.25, -0.2) is 4.39 Å². The lowest BCUT2D eigenvalue weighted by atomic mass is 10.0. The molecule has 1 aliphatic heterocycles. The molecule has 3 rings (SSSR count). The zero-order valence-electron chi connectivity index (χ0n) is 14.1. The van der Waals surface area contributed by atoms with Crippen molar-refractivity contribution in [2.75, 3.05) is 18.0 Å². The summed E-state index contributed by atoms with van der Waals surface area (Å²) in [5, 5.41) is 18.8. The summed E-state index contributed by atoms with van der Waals surface area (Å²) in [7, 11) is 0. The minimum atomic E-state index is -0.375. The maximum Gasteiger partial charge on any atom is 0.219 e. The molecule has 1 fully saturated rings. The Labute approximate surface area is 145 Å². The van der Waals surface area contributed by atoms with E-state index in [1.54, 1.807) is 18.3 Å². The minimum absolute atomic E-state index is 0.000137. The number of nitrogens with one attached hydrogen (secondary N) is 2. The van der Waals surface area contributed by atoms with Crippen LogP contribution in [-0.4, -0.2) is 29.2 Å². The van der Waals surface area contributed by atoms with E-state index in [9.17, 15) is 9.18 Å². The van der Waals surface area contributed by atoms with Crippen molar-refractivity contribution in [3.05, 3.63) is 47.0 Å². The van der Waals surface area contributed by atoms with Crippen LogP contribution >= 0.6 is 0 Å². The molecule has 2 N–H and O–H groups in total. The summed E-state index contributed by atoms with van der Waals surface area (Å²) in [6, 6.07) is 6.51. The van der Waals surface area contributed by atoms with Crippen LogP contribution in [0.15, 0.2) is 24.4 Å². The molecule has 0 radical (unpaired) electrons. The van der Waals surface area contributed by atoms with Gasteiger partial charge in [-0.15, -0.1) is 0 Å². The molecule has 7 heteroatoms. The zero-order chi connectivity index (χ0) is 17.8. The summed E-state index contributed by atoms with van der Waals surface area (Å²) in [5.74, 6) is -0.175. The largest absolute Gasteiger partial charge is 0.368 e. The van der Waals surface area contributed by atoms with Crippen LogP contribution in [0.5, 0.6) is 0 Å². The van der Waals surface area contributed by atoms with Gasteiger partial charge in [-0.1, -0.05) is 6.92 Å². The van der Waals surface area contributed by atoms with E-state index < -0.39 is 0 Å². The quantitative estimate of drug-likeness (QED) is 0.875. The van der Waals surface area contributed by atoms with Gasteiger partial charge >= 0.3 is 0 Å². The van der Waals surface area contributed by atoms with Gasteiger partial charge in [-0.05, 0) is 24.6 Å². The second-order valence-corrected chi connectivity index (χ2v) is 6.15. The van der Waals surface area contributed by atoms with Gasteiger partial charge in [0.1, 0.15) is 5.82 Å². The van der Waals surface area contributed by atoms with Gasteiger partial charge in [0.15, 0.2) is 0 Å². The van der Waals surface area contributed by atoms with E-state index in [0.717, 1.165) is 24.2 Å². The Hall–Kier alpha value is -2.88. The SMILES string of the molecule is CCC(=O)NCc1cn[nH]c1C1CCN(c2ccc(C#N)cc2F)C1. The summed E-state index contributed by atoms with van der Waals surface area (Å²) >= 11 is 0. The Bertz CT molecular complexity index is 810. The number of halogens is 1. The molecule has 130 valence electrons.